The molecule has 2 N–H and O–H groups in total. The molecule has 0 unspecified atom stereocenters. The van der Waals surface area contributed by atoms with Crippen LogP contribution in [-0.2, 0) is 19.6 Å². The van der Waals surface area contributed by atoms with Crippen molar-refractivity contribution in [1.82, 2.24) is 9.62 Å². The molecule has 2 amide bonds. The lowest BCUT2D eigenvalue weighted by Gasteiger charge is -2.24. The van der Waals surface area contributed by atoms with E-state index >= 15 is 0 Å². The lowest BCUT2D eigenvalue weighted by molar-refractivity contribution is -0.134. The number of carbonyl (C=O) groups is 3. The molecule has 1 fully saturated rings. The maximum atomic E-state index is 12.4. The Kier molecular flexibility index (Phi) is 4.30. The van der Waals surface area contributed by atoms with Gasteiger partial charge in [-0.15, -0.1) is 0 Å². The predicted molar refractivity (Wildman–Crippen MR) is 78.0 cm³/mol. The smallest absolute Gasteiger partial charge is 0.336 e. The Labute approximate surface area is 133 Å². The highest BCUT2D eigenvalue weighted by Gasteiger charge is 2.33. The van der Waals surface area contributed by atoms with Crippen LogP contribution in [0.25, 0.3) is 0 Å². The number of nitrogens with zero attached hydrogens (tertiary/aromatic N) is 1. The van der Waals surface area contributed by atoms with Crippen molar-refractivity contribution < 1.29 is 27.9 Å². The molecule has 1 aromatic rings. The zero-order chi connectivity index (χ0) is 15.8. The number of nitrogens with one attached hydrogen (secondary N) is 1. The summed E-state index contributed by atoms with van der Waals surface area (Å²) in [6.45, 7) is -0.967. The highest BCUT2D eigenvalue weighted by molar-refractivity contribution is 14.1. The van der Waals surface area contributed by atoms with Crippen LogP contribution >= 0.6 is 22.6 Å². The van der Waals surface area contributed by atoms with Gasteiger partial charge in [-0.1, -0.05) is 0 Å². The Morgan fingerprint density at radius 3 is 2.33 bits per heavy atom. The fourth-order valence-corrected chi connectivity index (χ4v) is 3.70. The highest BCUT2D eigenvalue weighted by atomic mass is 127. The Bertz CT molecular complexity index is 729. The highest BCUT2D eigenvalue weighted by Crippen LogP contribution is 2.21. The Morgan fingerprint density at radius 2 is 1.81 bits per heavy atom. The Hall–Kier alpha value is -1.53. The van der Waals surface area contributed by atoms with Gasteiger partial charge in [-0.2, -0.15) is 4.31 Å². The van der Waals surface area contributed by atoms with Crippen LogP contribution in [-0.4, -0.2) is 48.7 Å². The number of piperazine rings is 1. The van der Waals surface area contributed by atoms with Gasteiger partial charge >= 0.3 is 5.97 Å². The van der Waals surface area contributed by atoms with Crippen LogP contribution in [0, 0.1) is 3.57 Å². The molecule has 1 aliphatic rings. The monoisotopic (exact) mass is 424 g/mol. The summed E-state index contributed by atoms with van der Waals surface area (Å²) in [5, 5.41) is 11.0. The summed E-state index contributed by atoms with van der Waals surface area (Å²) in [6, 6.07) is 3.60. The average Bonchev–Trinajstić information content (AvgIpc) is 2.37. The van der Waals surface area contributed by atoms with Crippen molar-refractivity contribution >= 4 is 50.4 Å². The summed E-state index contributed by atoms with van der Waals surface area (Å²) in [5.41, 5.74) is -0.163. The summed E-state index contributed by atoms with van der Waals surface area (Å²) in [7, 11) is -4.12. The molecule has 0 atom stereocenters. The molecule has 21 heavy (non-hydrogen) atoms. The summed E-state index contributed by atoms with van der Waals surface area (Å²) in [4.78, 5) is 33.3. The van der Waals surface area contributed by atoms with Crippen molar-refractivity contribution in [3.8, 4) is 0 Å². The van der Waals surface area contributed by atoms with Gasteiger partial charge in [0.1, 0.15) is 0 Å². The van der Waals surface area contributed by atoms with Gasteiger partial charge in [0.05, 0.1) is 23.5 Å². The Morgan fingerprint density at radius 1 is 1.24 bits per heavy atom. The average molecular weight is 424 g/mol. The number of aromatic carboxylic acids is 1. The third-order valence-corrected chi connectivity index (χ3v) is 5.45. The van der Waals surface area contributed by atoms with Crippen LogP contribution in [0.4, 0.5) is 0 Å². The van der Waals surface area contributed by atoms with Crippen molar-refractivity contribution in [3.05, 3.63) is 27.3 Å². The van der Waals surface area contributed by atoms with Gasteiger partial charge < -0.3 is 5.11 Å². The molecule has 1 aromatic carbocycles. The molecular formula is C11H9IN2O6S. The molecule has 2 rings (SSSR count). The first-order valence-electron chi connectivity index (χ1n) is 5.57. The molecule has 0 spiro atoms. The molecule has 1 heterocycles. The van der Waals surface area contributed by atoms with Crippen molar-refractivity contribution in [2.75, 3.05) is 13.1 Å². The van der Waals surface area contributed by atoms with Gasteiger partial charge in [0.15, 0.2) is 0 Å². The second-order valence-electron chi connectivity index (χ2n) is 4.19. The van der Waals surface area contributed by atoms with Gasteiger partial charge in [0, 0.05) is 3.57 Å². The molecule has 0 bridgehead atoms. The number of halogens is 1. The van der Waals surface area contributed by atoms with Crippen molar-refractivity contribution in [1.29, 1.82) is 0 Å². The van der Waals surface area contributed by atoms with Crippen molar-refractivity contribution in [2.24, 2.45) is 0 Å². The van der Waals surface area contributed by atoms with E-state index in [9.17, 15) is 22.8 Å². The molecule has 0 aromatic heterocycles. The van der Waals surface area contributed by atoms with Crippen LogP contribution in [0.1, 0.15) is 10.4 Å². The van der Waals surface area contributed by atoms with Crippen LogP contribution in [0.3, 0.4) is 0 Å². The minimum Gasteiger partial charge on any atom is -0.478 e. The van der Waals surface area contributed by atoms with Gasteiger partial charge in [-0.3, -0.25) is 14.9 Å². The van der Waals surface area contributed by atoms with Crippen molar-refractivity contribution in [3.63, 3.8) is 0 Å². The molecule has 1 aliphatic heterocycles. The van der Waals surface area contributed by atoms with E-state index in [2.05, 4.69) is 0 Å². The lowest BCUT2D eigenvalue weighted by atomic mass is 10.2. The first-order chi connectivity index (χ1) is 9.71. The molecule has 10 heteroatoms. The third kappa shape index (κ3) is 3.22. The largest absolute Gasteiger partial charge is 0.478 e. The van der Waals surface area contributed by atoms with E-state index in [0.717, 1.165) is 6.07 Å². The van der Waals surface area contributed by atoms with Crippen LogP contribution < -0.4 is 5.32 Å². The second kappa shape index (κ2) is 5.69. The van der Waals surface area contributed by atoms with E-state index in [1.165, 1.54) is 12.1 Å². The van der Waals surface area contributed by atoms with Gasteiger partial charge in [-0.05, 0) is 40.8 Å². The first kappa shape index (κ1) is 15.9. The number of carboxylic acid groups (broad SMARTS) is 1. The van der Waals surface area contributed by atoms with E-state index in [-0.39, 0.29) is 10.5 Å². The predicted octanol–water partition coefficient (Wildman–Crippen LogP) is -0.364. The zero-order valence-corrected chi connectivity index (χ0v) is 13.3. The number of imide groups is 1. The summed E-state index contributed by atoms with van der Waals surface area (Å²) < 4.78 is 25.8. The van der Waals surface area contributed by atoms with E-state index in [1.807, 2.05) is 5.32 Å². The number of carbonyl (C=O) groups excluding carboxylic acids is 2. The zero-order valence-electron chi connectivity index (χ0n) is 10.4. The number of hydrogen-bond acceptors (Lipinski definition) is 5. The summed E-state index contributed by atoms with van der Waals surface area (Å²) >= 11 is 1.77. The third-order valence-electron chi connectivity index (χ3n) is 2.72. The molecule has 8 nitrogen and oxygen atoms in total. The fourth-order valence-electron chi connectivity index (χ4n) is 1.76. The number of carboxylic acids is 1. The minimum absolute atomic E-state index is 0.163. The van der Waals surface area contributed by atoms with Gasteiger partial charge in [-0.25, -0.2) is 13.2 Å². The number of hydrogen-bond donors (Lipinski definition) is 2. The maximum Gasteiger partial charge on any atom is 0.336 e. The molecule has 1 saturated heterocycles. The lowest BCUT2D eigenvalue weighted by Crippen LogP contribution is -2.53. The van der Waals surface area contributed by atoms with E-state index in [4.69, 9.17) is 5.11 Å². The van der Waals surface area contributed by atoms with Gasteiger partial charge in [0.2, 0.25) is 21.8 Å². The molecule has 0 radical (unpaired) electrons. The maximum absolute atomic E-state index is 12.4. The number of sulfonamides is 1. The number of rotatable bonds is 3. The fraction of sp³-hybridized carbons (Fsp3) is 0.182. The van der Waals surface area contributed by atoms with Crippen LogP contribution in [0.2, 0.25) is 0 Å². The van der Waals surface area contributed by atoms with Gasteiger partial charge in [0.25, 0.3) is 0 Å². The Balaban J connectivity index is 2.44. The minimum atomic E-state index is -4.12. The number of benzene rings is 1. The van der Waals surface area contributed by atoms with E-state index in [0.29, 0.717) is 7.88 Å². The van der Waals surface area contributed by atoms with Crippen LogP contribution in [0.15, 0.2) is 23.1 Å². The molecule has 112 valence electrons. The number of amides is 2. The quantitative estimate of drug-likeness (QED) is 0.505. The topological polar surface area (TPSA) is 121 Å². The molecule has 0 aliphatic carbocycles. The SMILES string of the molecule is O=C1CN(S(=O)(=O)c2ccc(I)c(C(=O)O)c2)CC(=O)N1. The molecular weight excluding hydrogens is 415 g/mol. The normalized spacial score (nSPS) is 16.6. The van der Waals surface area contributed by atoms with E-state index in [1.54, 1.807) is 22.6 Å². The summed E-state index contributed by atoms with van der Waals surface area (Å²) in [5.74, 6) is -2.71. The van der Waals surface area contributed by atoms with E-state index < -0.39 is 40.9 Å². The summed E-state index contributed by atoms with van der Waals surface area (Å²) in [6.07, 6.45) is 0. The second-order valence-corrected chi connectivity index (χ2v) is 7.29. The van der Waals surface area contributed by atoms with Crippen LogP contribution in [0.5, 0.6) is 0 Å². The molecule has 0 saturated carbocycles. The van der Waals surface area contributed by atoms with Crippen molar-refractivity contribution in [2.45, 2.75) is 4.90 Å². The standard InChI is InChI=1S/C11H9IN2O6S/c12-8-2-1-6(3-7(8)11(17)18)21(19,20)14-4-9(15)13-10(16)5-14/h1-3H,4-5H2,(H,17,18)(H,13,15,16). The first-order valence-corrected chi connectivity index (χ1v) is 8.09.